The van der Waals surface area contributed by atoms with Gasteiger partial charge in [0.1, 0.15) is 0 Å². The van der Waals surface area contributed by atoms with E-state index in [2.05, 4.69) is 21.2 Å². The Labute approximate surface area is 137 Å². The highest BCUT2D eigenvalue weighted by molar-refractivity contribution is 9.10. The summed E-state index contributed by atoms with van der Waals surface area (Å²) >= 11 is 5.06. The van der Waals surface area contributed by atoms with E-state index in [-0.39, 0.29) is 12.6 Å². The summed E-state index contributed by atoms with van der Waals surface area (Å²) in [5.41, 5.74) is 0.712. The number of nitrogens with zero attached hydrogens (tertiary/aromatic N) is 1. The number of benzene rings is 1. The fraction of sp³-hybridized carbons (Fsp3) is 0.429. The minimum atomic E-state index is -0.919. The quantitative estimate of drug-likeness (QED) is 0.743. The number of urea groups is 1. The van der Waals surface area contributed by atoms with Crippen LogP contribution in [0.3, 0.4) is 0 Å². The number of carbonyl (C=O) groups excluding carboxylic acids is 1. The van der Waals surface area contributed by atoms with Crippen LogP contribution in [0.1, 0.15) is 13.8 Å². The minimum Gasteiger partial charge on any atom is -0.481 e. The van der Waals surface area contributed by atoms with E-state index in [1.165, 1.54) is 4.90 Å². The smallest absolute Gasteiger partial charge is 0.321 e. The Bertz CT molecular complexity index is 525. The Morgan fingerprint density at radius 3 is 2.71 bits per heavy atom. The van der Waals surface area contributed by atoms with E-state index < -0.39 is 11.9 Å². The maximum Gasteiger partial charge on any atom is 0.321 e. The van der Waals surface area contributed by atoms with Gasteiger partial charge in [-0.05, 0) is 33.8 Å². The molecule has 116 valence electrons. The highest BCUT2D eigenvalue weighted by Gasteiger charge is 2.19. The standard InChI is InChI=1S/C14H19BrN2O3S/c1-4-21-11-7-5-6-10(15)12(11)16-14(20)17(3)8-9(2)13(18)19/h5-7,9H,4,8H2,1-3H3,(H,16,20)(H,18,19). The third-order valence-electron chi connectivity index (χ3n) is 2.82. The van der Waals surface area contributed by atoms with Gasteiger partial charge in [0.2, 0.25) is 0 Å². The van der Waals surface area contributed by atoms with Crippen LogP contribution in [-0.4, -0.2) is 41.4 Å². The molecule has 0 aliphatic heterocycles. The molecule has 7 heteroatoms. The van der Waals surface area contributed by atoms with Gasteiger partial charge in [-0.3, -0.25) is 4.79 Å². The molecule has 0 saturated carbocycles. The van der Waals surface area contributed by atoms with Crippen LogP contribution in [0, 0.1) is 5.92 Å². The van der Waals surface area contributed by atoms with Gasteiger partial charge in [-0.15, -0.1) is 11.8 Å². The molecule has 1 aromatic rings. The highest BCUT2D eigenvalue weighted by Crippen LogP contribution is 2.33. The average molecular weight is 375 g/mol. The van der Waals surface area contributed by atoms with E-state index in [0.717, 1.165) is 15.1 Å². The van der Waals surface area contributed by atoms with Gasteiger partial charge in [0, 0.05) is 23.0 Å². The van der Waals surface area contributed by atoms with Crippen molar-refractivity contribution in [3.05, 3.63) is 22.7 Å². The number of amides is 2. The van der Waals surface area contributed by atoms with E-state index in [1.807, 2.05) is 25.1 Å². The molecular formula is C14H19BrN2O3S. The summed E-state index contributed by atoms with van der Waals surface area (Å²) in [4.78, 5) is 25.4. The Morgan fingerprint density at radius 1 is 1.48 bits per heavy atom. The fourth-order valence-electron chi connectivity index (χ4n) is 1.68. The monoisotopic (exact) mass is 374 g/mol. The molecule has 0 aromatic heterocycles. The Kier molecular flexibility index (Phi) is 7.04. The lowest BCUT2D eigenvalue weighted by Crippen LogP contribution is -2.36. The number of hydrogen-bond acceptors (Lipinski definition) is 3. The SMILES string of the molecule is CCSc1cccc(Br)c1NC(=O)N(C)CC(C)C(=O)O. The van der Waals surface area contributed by atoms with Crippen molar-refractivity contribution in [2.24, 2.45) is 5.92 Å². The van der Waals surface area contributed by atoms with E-state index in [9.17, 15) is 9.59 Å². The number of aliphatic carboxylic acids is 1. The number of carbonyl (C=O) groups is 2. The number of para-hydroxylation sites is 1. The van der Waals surface area contributed by atoms with Gasteiger partial charge in [-0.2, -0.15) is 0 Å². The zero-order valence-corrected chi connectivity index (χ0v) is 14.6. The number of nitrogens with one attached hydrogen (secondary N) is 1. The molecule has 0 heterocycles. The van der Waals surface area contributed by atoms with Gasteiger partial charge < -0.3 is 15.3 Å². The Morgan fingerprint density at radius 2 is 2.14 bits per heavy atom. The molecule has 5 nitrogen and oxygen atoms in total. The summed E-state index contributed by atoms with van der Waals surface area (Å²) in [5, 5.41) is 11.7. The summed E-state index contributed by atoms with van der Waals surface area (Å²) in [7, 11) is 1.58. The Hall–Kier alpha value is -1.21. The highest BCUT2D eigenvalue weighted by atomic mass is 79.9. The molecule has 2 N–H and O–H groups in total. The maximum absolute atomic E-state index is 12.2. The van der Waals surface area contributed by atoms with Crippen LogP contribution in [0.2, 0.25) is 0 Å². The third-order valence-corrected chi connectivity index (χ3v) is 4.42. The molecule has 21 heavy (non-hydrogen) atoms. The zero-order valence-electron chi connectivity index (χ0n) is 12.2. The molecule has 0 aliphatic carbocycles. The lowest BCUT2D eigenvalue weighted by atomic mass is 10.2. The number of anilines is 1. The molecule has 1 unspecified atom stereocenters. The lowest BCUT2D eigenvalue weighted by Gasteiger charge is -2.21. The third kappa shape index (κ3) is 5.24. The van der Waals surface area contributed by atoms with E-state index >= 15 is 0 Å². The van der Waals surface area contributed by atoms with Crippen molar-refractivity contribution in [3.63, 3.8) is 0 Å². The molecule has 2 amide bonds. The Balaban J connectivity index is 2.81. The molecule has 0 aliphatic rings. The summed E-state index contributed by atoms with van der Waals surface area (Å²) in [6, 6.07) is 5.38. The van der Waals surface area contributed by atoms with E-state index in [1.54, 1.807) is 25.7 Å². The molecule has 0 radical (unpaired) electrons. The van der Waals surface area contributed by atoms with Crippen molar-refractivity contribution >= 4 is 45.4 Å². The van der Waals surface area contributed by atoms with Crippen molar-refractivity contribution in [2.75, 3.05) is 24.7 Å². The number of rotatable bonds is 6. The zero-order chi connectivity index (χ0) is 16.0. The molecule has 1 atom stereocenters. The predicted octanol–water partition coefficient (Wildman–Crippen LogP) is 3.75. The molecular weight excluding hydrogens is 356 g/mol. The first-order valence-electron chi connectivity index (χ1n) is 6.53. The number of hydrogen-bond donors (Lipinski definition) is 2. The van der Waals surface area contributed by atoms with Crippen LogP contribution in [0.5, 0.6) is 0 Å². The number of carboxylic acids is 1. The van der Waals surface area contributed by atoms with Crippen LogP contribution in [0.15, 0.2) is 27.6 Å². The van der Waals surface area contributed by atoms with Crippen molar-refractivity contribution in [3.8, 4) is 0 Å². The molecule has 0 fully saturated rings. The molecule has 0 bridgehead atoms. The van der Waals surface area contributed by atoms with Crippen molar-refractivity contribution in [1.29, 1.82) is 0 Å². The second kappa shape index (κ2) is 8.29. The molecule has 0 spiro atoms. The van der Waals surface area contributed by atoms with Crippen LogP contribution < -0.4 is 5.32 Å². The predicted molar refractivity (Wildman–Crippen MR) is 89.0 cm³/mol. The van der Waals surface area contributed by atoms with Gasteiger partial charge in [0.05, 0.1) is 11.6 Å². The molecule has 1 rings (SSSR count). The van der Waals surface area contributed by atoms with Gasteiger partial charge in [0.15, 0.2) is 0 Å². The lowest BCUT2D eigenvalue weighted by molar-refractivity contribution is -0.141. The van der Waals surface area contributed by atoms with Gasteiger partial charge in [-0.25, -0.2) is 4.79 Å². The first-order chi connectivity index (χ1) is 9.86. The van der Waals surface area contributed by atoms with Gasteiger partial charge in [0.25, 0.3) is 0 Å². The summed E-state index contributed by atoms with van der Waals surface area (Å²) in [5.74, 6) is -0.632. The number of halogens is 1. The first kappa shape index (κ1) is 17.8. The summed E-state index contributed by atoms with van der Waals surface area (Å²) in [6.07, 6.45) is 0. The second-order valence-electron chi connectivity index (χ2n) is 4.60. The van der Waals surface area contributed by atoms with Crippen LogP contribution >= 0.6 is 27.7 Å². The van der Waals surface area contributed by atoms with E-state index in [4.69, 9.17) is 5.11 Å². The average Bonchev–Trinajstić information content (AvgIpc) is 2.42. The van der Waals surface area contributed by atoms with Crippen molar-refractivity contribution in [2.45, 2.75) is 18.7 Å². The summed E-state index contributed by atoms with van der Waals surface area (Å²) in [6.45, 7) is 3.77. The van der Waals surface area contributed by atoms with Crippen LogP contribution in [0.4, 0.5) is 10.5 Å². The van der Waals surface area contributed by atoms with Crippen LogP contribution in [-0.2, 0) is 4.79 Å². The molecule has 0 saturated heterocycles. The fourth-order valence-corrected chi connectivity index (χ4v) is 3.06. The van der Waals surface area contributed by atoms with Gasteiger partial charge >= 0.3 is 12.0 Å². The largest absolute Gasteiger partial charge is 0.481 e. The van der Waals surface area contributed by atoms with Crippen molar-refractivity contribution in [1.82, 2.24) is 4.90 Å². The van der Waals surface area contributed by atoms with Crippen molar-refractivity contribution < 1.29 is 14.7 Å². The van der Waals surface area contributed by atoms with Crippen LogP contribution in [0.25, 0.3) is 0 Å². The molecule has 1 aromatic carbocycles. The normalized spacial score (nSPS) is 11.8. The van der Waals surface area contributed by atoms with E-state index in [0.29, 0.717) is 5.69 Å². The second-order valence-corrected chi connectivity index (χ2v) is 6.76. The number of thioether (sulfide) groups is 1. The minimum absolute atomic E-state index is 0.155. The number of carboxylic acid groups (broad SMARTS) is 1. The summed E-state index contributed by atoms with van der Waals surface area (Å²) < 4.78 is 0.800. The topological polar surface area (TPSA) is 69.6 Å². The first-order valence-corrected chi connectivity index (χ1v) is 8.30. The van der Waals surface area contributed by atoms with Gasteiger partial charge in [-0.1, -0.05) is 19.9 Å². The maximum atomic E-state index is 12.2.